The molecule has 4 nitrogen and oxygen atoms in total. The van der Waals surface area contributed by atoms with Crippen LogP contribution >= 0.6 is 11.6 Å². The summed E-state index contributed by atoms with van der Waals surface area (Å²) in [6.07, 6.45) is 3.97. The fraction of sp³-hybridized carbons (Fsp3) is 0.500. The lowest BCUT2D eigenvalue weighted by molar-refractivity contribution is 0.868. The Bertz CT molecular complexity index is 532. The minimum atomic E-state index is 0.637. The number of nitrogens with zero attached hydrogens (tertiary/aromatic N) is 4. The van der Waals surface area contributed by atoms with E-state index in [1.54, 1.807) is 4.52 Å². The Balaban J connectivity index is 2.33. The van der Waals surface area contributed by atoms with E-state index in [1.807, 2.05) is 6.92 Å². The van der Waals surface area contributed by atoms with E-state index in [2.05, 4.69) is 15.1 Å². The molecule has 0 atom stereocenters. The maximum Gasteiger partial charge on any atom is 0.254 e. The van der Waals surface area contributed by atoms with Crippen LogP contribution in [-0.4, -0.2) is 19.6 Å². The van der Waals surface area contributed by atoms with Crippen molar-refractivity contribution in [2.24, 2.45) is 0 Å². The van der Waals surface area contributed by atoms with E-state index in [-0.39, 0.29) is 0 Å². The quantitative estimate of drug-likeness (QED) is 0.692. The smallest absolute Gasteiger partial charge is 0.216 e. The van der Waals surface area contributed by atoms with Crippen molar-refractivity contribution < 1.29 is 0 Å². The SMILES string of the molecule is CCc1nc2nc3c(c(Cl)n2n1)CCC3. The molecule has 0 aromatic carbocycles. The van der Waals surface area contributed by atoms with Gasteiger partial charge in [0.1, 0.15) is 5.15 Å². The molecule has 0 bridgehead atoms. The van der Waals surface area contributed by atoms with E-state index in [1.165, 1.54) is 0 Å². The van der Waals surface area contributed by atoms with Crippen LogP contribution in [0.3, 0.4) is 0 Å². The van der Waals surface area contributed by atoms with Gasteiger partial charge in [0, 0.05) is 12.0 Å². The molecule has 78 valence electrons. The summed E-state index contributed by atoms with van der Waals surface area (Å²) in [5.41, 5.74) is 2.25. The van der Waals surface area contributed by atoms with Crippen LogP contribution in [0.1, 0.15) is 30.4 Å². The summed E-state index contributed by atoms with van der Waals surface area (Å²) in [5, 5.41) is 5.01. The van der Waals surface area contributed by atoms with E-state index in [4.69, 9.17) is 11.6 Å². The highest BCUT2D eigenvalue weighted by Crippen LogP contribution is 2.27. The second-order valence-corrected chi connectivity index (χ2v) is 4.13. The van der Waals surface area contributed by atoms with Gasteiger partial charge in [0.25, 0.3) is 5.78 Å². The molecule has 2 aromatic rings. The van der Waals surface area contributed by atoms with Gasteiger partial charge in [-0.15, -0.1) is 5.10 Å². The first-order valence-corrected chi connectivity index (χ1v) is 5.60. The summed E-state index contributed by atoms with van der Waals surface area (Å²) in [7, 11) is 0. The summed E-state index contributed by atoms with van der Waals surface area (Å²) in [6.45, 7) is 2.02. The molecular weight excluding hydrogens is 212 g/mol. The molecule has 0 unspecified atom stereocenters. The van der Waals surface area contributed by atoms with Crippen LogP contribution in [0.15, 0.2) is 0 Å². The average Bonchev–Trinajstić information content (AvgIpc) is 2.83. The first kappa shape index (κ1) is 9.09. The predicted octanol–water partition coefficient (Wildman–Crippen LogP) is 1.83. The lowest BCUT2D eigenvalue weighted by atomic mass is 10.3. The fourth-order valence-electron chi connectivity index (χ4n) is 2.02. The number of fused-ring (bicyclic) bond motifs is 2. The van der Waals surface area contributed by atoms with Crippen molar-refractivity contribution in [1.82, 2.24) is 19.6 Å². The minimum absolute atomic E-state index is 0.637. The first-order chi connectivity index (χ1) is 7.29. The van der Waals surface area contributed by atoms with E-state index < -0.39 is 0 Å². The summed E-state index contributed by atoms with van der Waals surface area (Å²) in [4.78, 5) is 8.82. The molecule has 1 aliphatic carbocycles. The van der Waals surface area contributed by atoms with Crippen LogP contribution in [0.4, 0.5) is 0 Å². The van der Waals surface area contributed by atoms with Crippen LogP contribution in [0.25, 0.3) is 5.78 Å². The van der Waals surface area contributed by atoms with Crippen LogP contribution in [0.5, 0.6) is 0 Å². The predicted molar refractivity (Wildman–Crippen MR) is 57.2 cm³/mol. The van der Waals surface area contributed by atoms with Gasteiger partial charge in [-0.3, -0.25) is 0 Å². The van der Waals surface area contributed by atoms with Gasteiger partial charge in [0.2, 0.25) is 0 Å². The van der Waals surface area contributed by atoms with Crippen molar-refractivity contribution in [3.63, 3.8) is 0 Å². The van der Waals surface area contributed by atoms with Gasteiger partial charge in [-0.1, -0.05) is 18.5 Å². The average molecular weight is 223 g/mol. The molecule has 0 spiro atoms. The lowest BCUT2D eigenvalue weighted by Gasteiger charge is -2.01. The largest absolute Gasteiger partial charge is 0.254 e. The molecular formula is C10H11ClN4. The second-order valence-electron chi connectivity index (χ2n) is 3.77. The monoisotopic (exact) mass is 222 g/mol. The highest BCUT2D eigenvalue weighted by atomic mass is 35.5. The van der Waals surface area contributed by atoms with Crippen molar-refractivity contribution >= 4 is 17.4 Å². The lowest BCUT2D eigenvalue weighted by Crippen LogP contribution is -1.99. The standard InChI is InChI=1S/C10H11ClN4/c1-2-8-13-10-12-7-5-3-4-6(7)9(11)15(10)14-8/h2-5H2,1H3. The molecule has 2 heterocycles. The Morgan fingerprint density at radius 2 is 2.20 bits per heavy atom. The molecule has 15 heavy (non-hydrogen) atoms. The summed E-state index contributed by atoms with van der Waals surface area (Å²) >= 11 is 6.28. The van der Waals surface area contributed by atoms with E-state index in [0.717, 1.165) is 42.8 Å². The highest BCUT2D eigenvalue weighted by Gasteiger charge is 2.20. The van der Waals surface area contributed by atoms with Crippen LogP contribution in [0.2, 0.25) is 5.15 Å². The van der Waals surface area contributed by atoms with Gasteiger partial charge in [-0.05, 0) is 19.3 Å². The van der Waals surface area contributed by atoms with Gasteiger partial charge in [0.15, 0.2) is 5.82 Å². The third kappa shape index (κ3) is 1.24. The summed E-state index contributed by atoms with van der Waals surface area (Å²) < 4.78 is 1.66. The van der Waals surface area contributed by atoms with E-state index in [0.29, 0.717) is 10.9 Å². The first-order valence-electron chi connectivity index (χ1n) is 5.22. The third-order valence-corrected chi connectivity index (χ3v) is 3.20. The topological polar surface area (TPSA) is 43.1 Å². The van der Waals surface area contributed by atoms with Gasteiger partial charge in [-0.2, -0.15) is 9.50 Å². The Labute approximate surface area is 92.3 Å². The zero-order chi connectivity index (χ0) is 10.4. The number of hydrogen-bond acceptors (Lipinski definition) is 3. The summed E-state index contributed by atoms with van der Waals surface area (Å²) in [5.74, 6) is 1.44. The Morgan fingerprint density at radius 3 is 3.00 bits per heavy atom. The molecule has 2 aromatic heterocycles. The van der Waals surface area contributed by atoms with E-state index in [9.17, 15) is 0 Å². The van der Waals surface area contributed by atoms with Crippen molar-refractivity contribution in [2.75, 3.05) is 0 Å². The molecule has 5 heteroatoms. The van der Waals surface area contributed by atoms with Gasteiger partial charge >= 0.3 is 0 Å². The fourth-order valence-corrected chi connectivity index (χ4v) is 2.34. The van der Waals surface area contributed by atoms with Gasteiger partial charge in [-0.25, -0.2) is 4.98 Å². The minimum Gasteiger partial charge on any atom is -0.216 e. The maximum absolute atomic E-state index is 6.28. The molecule has 0 fully saturated rings. The molecule has 1 aliphatic rings. The van der Waals surface area contributed by atoms with Crippen LogP contribution in [-0.2, 0) is 19.3 Å². The number of hydrogen-bond donors (Lipinski definition) is 0. The molecule has 0 amide bonds. The second kappa shape index (κ2) is 3.17. The third-order valence-electron chi connectivity index (χ3n) is 2.81. The maximum atomic E-state index is 6.28. The number of aryl methyl sites for hydroxylation is 2. The highest BCUT2D eigenvalue weighted by molar-refractivity contribution is 6.30. The number of rotatable bonds is 1. The molecule has 0 radical (unpaired) electrons. The molecule has 3 rings (SSSR count). The molecule has 0 saturated heterocycles. The Hall–Kier alpha value is -1.16. The van der Waals surface area contributed by atoms with Crippen LogP contribution < -0.4 is 0 Å². The zero-order valence-electron chi connectivity index (χ0n) is 8.50. The normalized spacial score (nSPS) is 14.8. The van der Waals surface area contributed by atoms with Gasteiger partial charge < -0.3 is 0 Å². The van der Waals surface area contributed by atoms with Crippen molar-refractivity contribution in [3.05, 3.63) is 22.2 Å². The molecule has 0 aliphatic heterocycles. The zero-order valence-corrected chi connectivity index (χ0v) is 9.25. The van der Waals surface area contributed by atoms with Crippen molar-refractivity contribution in [3.8, 4) is 0 Å². The summed E-state index contributed by atoms with van der Waals surface area (Å²) in [6, 6.07) is 0. The van der Waals surface area contributed by atoms with Crippen molar-refractivity contribution in [1.29, 1.82) is 0 Å². The van der Waals surface area contributed by atoms with E-state index >= 15 is 0 Å². The number of aromatic nitrogens is 4. The van der Waals surface area contributed by atoms with Gasteiger partial charge in [0.05, 0.1) is 5.69 Å². The van der Waals surface area contributed by atoms with Crippen molar-refractivity contribution in [2.45, 2.75) is 32.6 Å². The number of halogens is 1. The Morgan fingerprint density at radius 1 is 1.33 bits per heavy atom. The van der Waals surface area contributed by atoms with Crippen LogP contribution in [0, 0.1) is 0 Å². The molecule has 0 saturated carbocycles. The Kier molecular flexibility index (Phi) is 1.92. The molecule has 0 N–H and O–H groups in total.